The number of nitrogens with zero attached hydrogens (tertiary/aromatic N) is 5. The summed E-state index contributed by atoms with van der Waals surface area (Å²) < 4.78 is 5.41. The Morgan fingerprint density at radius 1 is 1.46 bits per heavy atom. The van der Waals surface area contributed by atoms with Gasteiger partial charge in [0, 0.05) is 26.7 Å². The number of aromatic nitrogens is 4. The van der Waals surface area contributed by atoms with E-state index >= 15 is 0 Å². The predicted octanol–water partition coefficient (Wildman–Crippen LogP) is 2.05. The fraction of sp³-hybridized carbons (Fsp3) is 0.625. The van der Waals surface area contributed by atoms with Crippen LogP contribution in [0.4, 0.5) is 10.6 Å². The van der Waals surface area contributed by atoms with E-state index in [2.05, 4.69) is 25.1 Å². The molecule has 3 rings (SSSR count). The van der Waals surface area contributed by atoms with E-state index in [1.54, 1.807) is 24.5 Å². The summed E-state index contributed by atoms with van der Waals surface area (Å²) in [6.07, 6.45) is 4.04. The first-order valence-electron chi connectivity index (χ1n) is 8.16. The van der Waals surface area contributed by atoms with Crippen LogP contribution in [0.5, 0.6) is 0 Å². The summed E-state index contributed by atoms with van der Waals surface area (Å²) in [5.74, 6) is 1.29. The normalized spacial score (nSPS) is 18.2. The molecule has 0 aliphatic carbocycles. The Hall–Kier alpha value is -2.38. The van der Waals surface area contributed by atoms with Gasteiger partial charge in [0.2, 0.25) is 0 Å². The lowest BCUT2D eigenvalue weighted by atomic mass is 10.1. The van der Waals surface area contributed by atoms with Gasteiger partial charge in [-0.2, -0.15) is 5.10 Å². The maximum atomic E-state index is 12.1. The molecule has 24 heavy (non-hydrogen) atoms. The van der Waals surface area contributed by atoms with Crippen LogP contribution in [0.25, 0.3) is 11.0 Å². The van der Waals surface area contributed by atoms with Crippen molar-refractivity contribution >= 4 is 22.9 Å². The summed E-state index contributed by atoms with van der Waals surface area (Å²) in [6, 6.07) is 0. The van der Waals surface area contributed by atoms with E-state index in [1.165, 1.54) is 0 Å². The Balaban J connectivity index is 1.61. The molecule has 0 saturated carbocycles. The summed E-state index contributed by atoms with van der Waals surface area (Å²) >= 11 is 0. The largest absolute Gasteiger partial charge is 0.444 e. The van der Waals surface area contributed by atoms with E-state index in [0.717, 1.165) is 36.4 Å². The van der Waals surface area contributed by atoms with Gasteiger partial charge in [-0.1, -0.05) is 0 Å². The Kier molecular flexibility index (Phi) is 4.29. The zero-order valence-corrected chi connectivity index (χ0v) is 14.6. The number of amides is 1. The van der Waals surface area contributed by atoms with Crippen molar-refractivity contribution in [2.75, 3.05) is 31.6 Å². The van der Waals surface area contributed by atoms with Gasteiger partial charge in [-0.05, 0) is 33.1 Å². The number of ether oxygens (including phenoxy) is 1. The average molecular weight is 332 g/mol. The van der Waals surface area contributed by atoms with E-state index in [4.69, 9.17) is 4.74 Å². The molecule has 1 saturated heterocycles. The number of nitrogens with one attached hydrogen (secondary N) is 1. The number of hydrogen-bond acceptors (Lipinski definition) is 6. The van der Waals surface area contributed by atoms with Crippen LogP contribution in [-0.2, 0) is 4.74 Å². The second-order valence-corrected chi connectivity index (χ2v) is 7.29. The monoisotopic (exact) mass is 332 g/mol. The van der Waals surface area contributed by atoms with Crippen LogP contribution in [-0.4, -0.2) is 63.4 Å². The molecule has 3 heterocycles. The van der Waals surface area contributed by atoms with E-state index in [0.29, 0.717) is 12.5 Å². The maximum absolute atomic E-state index is 12.1. The van der Waals surface area contributed by atoms with Gasteiger partial charge in [0.25, 0.3) is 0 Å². The minimum absolute atomic E-state index is 0.278. The molecular weight excluding hydrogens is 308 g/mol. The number of H-pyrrole nitrogens is 1. The quantitative estimate of drug-likeness (QED) is 0.925. The van der Waals surface area contributed by atoms with Crippen LogP contribution >= 0.6 is 0 Å². The Bertz CT molecular complexity index is 723. The third kappa shape index (κ3) is 3.58. The molecule has 1 fully saturated rings. The second-order valence-electron chi connectivity index (χ2n) is 7.29. The fourth-order valence-corrected chi connectivity index (χ4v) is 2.98. The van der Waals surface area contributed by atoms with Crippen molar-refractivity contribution in [3.63, 3.8) is 0 Å². The molecular formula is C16H24N6O2. The van der Waals surface area contributed by atoms with Crippen LogP contribution in [0.15, 0.2) is 12.5 Å². The minimum atomic E-state index is -0.471. The number of rotatable bonds is 3. The summed E-state index contributed by atoms with van der Waals surface area (Å²) in [5, 5.41) is 7.83. The van der Waals surface area contributed by atoms with Crippen molar-refractivity contribution in [3.05, 3.63) is 12.5 Å². The third-order valence-electron chi connectivity index (χ3n) is 4.05. The average Bonchev–Trinajstić information content (AvgIpc) is 3.13. The first-order chi connectivity index (χ1) is 11.3. The highest BCUT2D eigenvalue weighted by molar-refractivity contribution is 5.86. The standard InChI is InChI=1S/C16H24N6O2/c1-16(2,3)24-15(23)21(4)8-11-5-6-22(9-11)14-12-7-19-20-13(12)17-10-18-14/h7,10-11H,5-6,8-9H2,1-4H3,(H,17,18,19,20). The fourth-order valence-electron chi connectivity index (χ4n) is 2.98. The zero-order valence-electron chi connectivity index (χ0n) is 14.6. The molecule has 130 valence electrons. The second kappa shape index (κ2) is 6.26. The van der Waals surface area contributed by atoms with Crippen LogP contribution < -0.4 is 4.90 Å². The molecule has 2 aromatic rings. The third-order valence-corrected chi connectivity index (χ3v) is 4.05. The van der Waals surface area contributed by atoms with Crippen LogP contribution in [0, 0.1) is 5.92 Å². The van der Waals surface area contributed by atoms with Gasteiger partial charge < -0.3 is 14.5 Å². The molecule has 0 aromatic carbocycles. The molecule has 1 atom stereocenters. The number of carbonyl (C=O) groups excluding carboxylic acids is 1. The molecule has 0 bridgehead atoms. The van der Waals surface area contributed by atoms with Gasteiger partial charge in [-0.25, -0.2) is 14.8 Å². The number of anilines is 1. The Morgan fingerprint density at radius 3 is 3.00 bits per heavy atom. The van der Waals surface area contributed by atoms with Crippen LogP contribution in [0.1, 0.15) is 27.2 Å². The Labute approximate surface area is 141 Å². The minimum Gasteiger partial charge on any atom is -0.444 e. The highest BCUT2D eigenvalue weighted by Crippen LogP contribution is 2.27. The zero-order chi connectivity index (χ0) is 17.3. The lowest BCUT2D eigenvalue weighted by Crippen LogP contribution is -2.37. The summed E-state index contributed by atoms with van der Waals surface area (Å²) in [7, 11) is 1.79. The molecule has 8 nitrogen and oxygen atoms in total. The van der Waals surface area contributed by atoms with Gasteiger partial charge in [0.05, 0.1) is 11.6 Å². The van der Waals surface area contributed by atoms with Crippen molar-refractivity contribution in [1.29, 1.82) is 0 Å². The summed E-state index contributed by atoms with van der Waals surface area (Å²) in [4.78, 5) is 24.6. The van der Waals surface area contributed by atoms with Crippen LogP contribution in [0.3, 0.4) is 0 Å². The molecule has 1 amide bonds. The lowest BCUT2D eigenvalue weighted by Gasteiger charge is -2.26. The molecule has 8 heteroatoms. The van der Waals surface area contributed by atoms with Crippen molar-refractivity contribution < 1.29 is 9.53 Å². The van der Waals surface area contributed by atoms with Crippen molar-refractivity contribution in [3.8, 4) is 0 Å². The predicted molar refractivity (Wildman–Crippen MR) is 90.9 cm³/mol. The number of fused-ring (bicyclic) bond motifs is 1. The lowest BCUT2D eigenvalue weighted by molar-refractivity contribution is 0.0277. The Morgan fingerprint density at radius 2 is 2.25 bits per heavy atom. The molecule has 1 unspecified atom stereocenters. The smallest absolute Gasteiger partial charge is 0.410 e. The summed E-state index contributed by atoms with van der Waals surface area (Å²) in [6.45, 7) is 8.06. The molecule has 1 aliphatic rings. The van der Waals surface area contributed by atoms with Gasteiger partial charge in [-0.15, -0.1) is 0 Å². The van der Waals surface area contributed by atoms with E-state index in [1.807, 2.05) is 20.8 Å². The molecule has 1 N–H and O–H groups in total. The maximum Gasteiger partial charge on any atom is 0.410 e. The van der Waals surface area contributed by atoms with Crippen LogP contribution in [0.2, 0.25) is 0 Å². The van der Waals surface area contributed by atoms with Gasteiger partial charge in [0.1, 0.15) is 17.7 Å². The number of carbonyl (C=O) groups is 1. The topological polar surface area (TPSA) is 87.2 Å². The highest BCUT2D eigenvalue weighted by atomic mass is 16.6. The van der Waals surface area contributed by atoms with E-state index in [-0.39, 0.29) is 6.09 Å². The van der Waals surface area contributed by atoms with Crippen molar-refractivity contribution in [2.45, 2.75) is 32.8 Å². The van der Waals surface area contributed by atoms with Crippen molar-refractivity contribution in [2.24, 2.45) is 5.92 Å². The first-order valence-corrected chi connectivity index (χ1v) is 8.16. The highest BCUT2D eigenvalue weighted by Gasteiger charge is 2.28. The van der Waals surface area contributed by atoms with Crippen molar-refractivity contribution in [1.82, 2.24) is 25.1 Å². The SMILES string of the molecule is CN(CC1CCN(c2ncnc3[nH]ncc23)C1)C(=O)OC(C)(C)C. The number of hydrogen-bond donors (Lipinski definition) is 1. The van der Waals surface area contributed by atoms with E-state index < -0.39 is 5.60 Å². The molecule has 0 spiro atoms. The molecule has 2 aromatic heterocycles. The summed E-state index contributed by atoms with van der Waals surface area (Å²) in [5.41, 5.74) is 0.273. The van der Waals surface area contributed by atoms with E-state index in [9.17, 15) is 4.79 Å². The van der Waals surface area contributed by atoms with Gasteiger partial charge in [-0.3, -0.25) is 5.10 Å². The molecule has 1 aliphatic heterocycles. The van der Waals surface area contributed by atoms with Gasteiger partial charge in [0.15, 0.2) is 5.65 Å². The first kappa shape index (κ1) is 16.5. The number of aromatic amines is 1. The van der Waals surface area contributed by atoms with Gasteiger partial charge >= 0.3 is 6.09 Å². The molecule has 0 radical (unpaired) electrons.